The summed E-state index contributed by atoms with van der Waals surface area (Å²) >= 11 is 1.77. The molecule has 4 rings (SSSR count). The summed E-state index contributed by atoms with van der Waals surface area (Å²) in [6.07, 6.45) is 0.706. The van der Waals surface area contributed by atoms with Crippen LogP contribution in [0.4, 0.5) is 13.2 Å². The van der Waals surface area contributed by atoms with Crippen molar-refractivity contribution in [2.45, 2.75) is 56.3 Å². The van der Waals surface area contributed by atoms with Gasteiger partial charge in [-0.3, -0.25) is 9.78 Å². The van der Waals surface area contributed by atoms with Gasteiger partial charge in [-0.1, -0.05) is 25.1 Å². The third-order valence-electron chi connectivity index (χ3n) is 5.59. The van der Waals surface area contributed by atoms with Gasteiger partial charge >= 0.3 is 6.18 Å². The van der Waals surface area contributed by atoms with Crippen LogP contribution in [-0.4, -0.2) is 21.5 Å². The number of nitrogens with zero attached hydrogens (tertiary/aromatic N) is 2. The molecule has 2 aromatic rings. The molecule has 0 bridgehead atoms. The maximum atomic E-state index is 13.2. The second-order valence-corrected chi connectivity index (χ2v) is 9.42. The van der Waals surface area contributed by atoms with Crippen molar-refractivity contribution in [1.82, 2.24) is 9.88 Å². The minimum Gasteiger partial charge on any atom is -0.331 e. The number of thioether (sulfide) groups is 1. The van der Waals surface area contributed by atoms with Gasteiger partial charge in [-0.25, -0.2) is 0 Å². The Morgan fingerprint density at radius 2 is 1.97 bits per heavy atom. The van der Waals surface area contributed by atoms with E-state index in [1.165, 1.54) is 17.2 Å². The van der Waals surface area contributed by atoms with Gasteiger partial charge in [0.25, 0.3) is 0 Å². The highest BCUT2D eigenvalue weighted by Crippen LogP contribution is 2.47. The van der Waals surface area contributed by atoms with Gasteiger partial charge in [0.15, 0.2) is 0 Å². The first-order valence-corrected chi connectivity index (χ1v) is 11.4. The van der Waals surface area contributed by atoms with Gasteiger partial charge in [0.05, 0.1) is 6.04 Å². The quantitative estimate of drug-likeness (QED) is 0.471. The zero-order valence-corrected chi connectivity index (χ0v) is 17.7. The Kier molecular flexibility index (Phi) is 6.09. The Bertz CT molecular complexity index is 892. The van der Waals surface area contributed by atoms with Gasteiger partial charge in [-0.2, -0.15) is 13.2 Å². The molecule has 0 saturated heterocycles. The number of benzene rings is 1. The lowest BCUT2D eigenvalue weighted by Crippen LogP contribution is -2.36. The van der Waals surface area contributed by atoms with Crippen molar-refractivity contribution < 1.29 is 18.0 Å². The number of aromatic nitrogens is 1. The van der Waals surface area contributed by atoms with E-state index in [0.717, 1.165) is 43.1 Å². The third kappa shape index (κ3) is 4.99. The van der Waals surface area contributed by atoms with Gasteiger partial charge in [0.1, 0.15) is 5.69 Å². The smallest absolute Gasteiger partial charge is 0.331 e. The molecule has 1 heterocycles. The van der Waals surface area contributed by atoms with Gasteiger partial charge in [-0.15, -0.1) is 11.8 Å². The first kappa shape index (κ1) is 21.2. The summed E-state index contributed by atoms with van der Waals surface area (Å²) < 4.78 is 38.6. The van der Waals surface area contributed by atoms with Gasteiger partial charge in [-0.05, 0) is 66.7 Å². The molecule has 2 fully saturated rings. The second kappa shape index (κ2) is 8.61. The van der Waals surface area contributed by atoms with Crippen molar-refractivity contribution in [3.63, 3.8) is 0 Å². The lowest BCUT2D eigenvalue weighted by atomic mass is 9.99. The fourth-order valence-corrected chi connectivity index (χ4v) is 4.56. The molecule has 1 amide bonds. The number of rotatable bonds is 8. The average Bonchev–Trinajstić information content (AvgIpc) is 3.61. The summed E-state index contributed by atoms with van der Waals surface area (Å²) in [5, 5.41) is 0. The lowest BCUT2D eigenvalue weighted by molar-refractivity contribution is -0.141. The van der Waals surface area contributed by atoms with E-state index in [0.29, 0.717) is 11.5 Å². The fraction of sp³-hybridized carbons (Fsp3) is 0.478. The molecule has 0 spiro atoms. The highest BCUT2D eigenvalue weighted by atomic mass is 32.2. The van der Waals surface area contributed by atoms with Crippen molar-refractivity contribution in [3.05, 3.63) is 59.4 Å². The normalized spacial score (nSPS) is 17.6. The molecule has 3 nitrogen and oxygen atoms in total. The molecule has 1 aromatic heterocycles. The van der Waals surface area contributed by atoms with Crippen molar-refractivity contribution in [1.29, 1.82) is 0 Å². The van der Waals surface area contributed by atoms with E-state index >= 15 is 0 Å². The highest BCUT2D eigenvalue weighted by molar-refractivity contribution is 7.99. The molecular weight excluding hydrogens is 409 g/mol. The van der Waals surface area contributed by atoms with Crippen LogP contribution in [0.2, 0.25) is 0 Å². The molecule has 0 radical (unpaired) electrons. The monoisotopic (exact) mass is 434 g/mol. The Morgan fingerprint density at radius 1 is 1.20 bits per heavy atom. The van der Waals surface area contributed by atoms with E-state index in [-0.39, 0.29) is 24.4 Å². The highest BCUT2D eigenvalue weighted by Gasteiger charge is 2.43. The van der Waals surface area contributed by atoms with Crippen molar-refractivity contribution in [2.75, 3.05) is 5.75 Å². The zero-order chi connectivity index (χ0) is 21.3. The van der Waals surface area contributed by atoms with Gasteiger partial charge in [0, 0.05) is 23.6 Å². The number of amides is 1. The standard InChI is InChI=1S/C23H25F3N2OS/c1-2-30-19-5-3-4-18(12-19)21(16-7-8-16)28(22(29)17-9-10-17)14-15-6-11-20(27-13-15)23(24,25)26/h3-6,11-13,16-17,21H,2,7-10,14H2,1H3. The number of halogens is 3. The average molecular weight is 435 g/mol. The van der Waals surface area contributed by atoms with Crippen LogP contribution < -0.4 is 0 Å². The summed E-state index contributed by atoms with van der Waals surface area (Å²) in [6, 6.07) is 10.7. The molecule has 160 valence electrons. The Balaban J connectivity index is 1.63. The van der Waals surface area contributed by atoms with Gasteiger partial charge in [0.2, 0.25) is 5.91 Å². The SMILES string of the molecule is CCSc1cccc(C(C2CC2)N(Cc2ccc(C(F)(F)F)nc2)C(=O)C2CC2)c1. The minimum absolute atomic E-state index is 0.0434. The number of alkyl halides is 3. The van der Waals surface area contributed by atoms with Crippen LogP contribution in [0, 0.1) is 11.8 Å². The summed E-state index contributed by atoms with van der Waals surface area (Å²) in [7, 11) is 0. The molecule has 0 aliphatic heterocycles. The van der Waals surface area contributed by atoms with Crippen molar-refractivity contribution >= 4 is 17.7 Å². The van der Waals surface area contributed by atoms with E-state index in [4.69, 9.17) is 0 Å². The molecule has 30 heavy (non-hydrogen) atoms. The number of pyridine rings is 1. The van der Waals surface area contributed by atoms with E-state index in [2.05, 4.69) is 30.1 Å². The van der Waals surface area contributed by atoms with Crippen LogP contribution in [0.15, 0.2) is 47.5 Å². The predicted molar refractivity (Wildman–Crippen MR) is 111 cm³/mol. The molecule has 2 aliphatic rings. The molecule has 1 aromatic carbocycles. The van der Waals surface area contributed by atoms with Crippen LogP contribution in [0.1, 0.15) is 55.5 Å². The summed E-state index contributed by atoms with van der Waals surface area (Å²) in [4.78, 5) is 19.9. The maximum absolute atomic E-state index is 13.2. The summed E-state index contributed by atoms with van der Waals surface area (Å²) in [6.45, 7) is 2.39. The minimum atomic E-state index is -4.46. The van der Waals surface area contributed by atoms with Crippen LogP contribution in [0.5, 0.6) is 0 Å². The van der Waals surface area contributed by atoms with Crippen LogP contribution in [-0.2, 0) is 17.5 Å². The fourth-order valence-electron chi connectivity index (χ4n) is 3.83. The zero-order valence-electron chi connectivity index (χ0n) is 16.9. The summed E-state index contributed by atoms with van der Waals surface area (Å²) in [5.41, 5.74) is 0.834. The summed E-state index contributed by atoms with van der Waals surface area (Å²) in [5.74, 6) is 1.53. The van der Waals surface area contributed by atoms with Crippen LogP contribution >= 0.6 is 11.8 Å². The molecule has 0 N–H and O–H groups in total. The topological polar surface area (TPSA) is 33.2 Å². The maximum Gasteiger partial charge on any atom is 0.433 e. The van der Waals surface area contributed by atoms with Crippen molar-refractivity contribution in [3.8, 4) is 0 Å². The molecular formula is C23H25F3N2OS. The first-order chi connectivity index (χ1) is 14.4. The van der Waals surface area contributed by atoms with E-state index in [1.807, 2.05) is 11.0 Å². The number of hydrogen-bond donors (Lipinski definition) is 0. The van der Waals surface area contributed by atoms with E-state index in [1.54, 1.807) is 11.8 Å². The lowest BCUT2D eigenvalue weighted by Gasteiger charge is -2.33. The Labute approximate surface area is 179 Å². The largest absolute Gasteiger partial charge is 0.433 e. The predicted octanol–water partition coefficient (Wildman–Crippen LogP) is 6.10. The molecule has 1 atom stereocenters. The second-order valence-electron chi connectivity index (χ2n) is 8.08. The van der Waals surface area contributed by atoms with Crippen LogP contribution in [0.25, 0.3) is 0 Å². The van der Waals surface area contributed by atoms with E-state index < -0.39 is 11.9 Å². The molecule has 2 aliphatic carbocycles. The Morgan fingerprint density at radius 3 is 2.53 bits per heavy atom. The number of carbonyl (C=O) groups is 1. The van der Waals surface area contributed by atoms with Crippen molar-refractivity contribution in [2.24, 2.45) is 11.8 Å². The van der Waals surface area contributed by atoms with Gasteiger partial charge < -0.3 is 4.90 Å². The number of hydrogen-bond acceptors (Lipinski definition) is 3. The first-order valence-electron chi connectivity index (χ1n) is 10.4. The molecule has 7 heteroatoms. The van der Waals surface area contributed by atoms with E-state index in [9.17, 15) is 18.0 Å². The van der Waals surface area contributed by atoms with Crippen LogP contribution in [0.3, 0.4) is 0 Å². The molecule has 2 saturated carbocycles. The number of carbonyl (C=O) groups excluding carboxylic acids is 1. The Hall–Kier alpha value is -2.02. The third-order valence-corrected chi connectivity index (χ3v) is 6.47. The molecule has 1 unspecified atom stereocenters.